The number of halogens is 1. The van der Waals surface area contributed by atoms with Crippen LogP contribution in [0.15, 0.2) is 108 Å². The summed E-state index contributed by atoms with van der Waals surface area (Å²) in [6.45, 7) is 1.23. The van der Waals surface area contributed by atoms with Crippen molar-refractivity contribution in [2.45, 2.75) is 23.9 Å². The van der Waals surface area contributed by atoms with Crippen molar-refractivity contribution < 1.29 is 12.8 Å². The average molecular weight is 473 g/mol. The second-order valence-corrected chi connectivity index (χ2v) is 10.3. The molecule has 0 fully saturated rings. The van der Waals surface area contributed by atoms with Gasteiger partial charge in [0.1, 0.15) is 5.82 Å². The van der Waals surface area contributed by atoms with Gasteiger partial charge in [0, 0.05) is 24.8 Å². The molecular formula is C28H25FN2O2S. The largest absolute Gasteiger partial charge is 0.365 e. The number of rotatable bonds is 6. The van der Waals surface area contributed by atoms with E-state index in [1.165, 1.54) is 12.1 Å². The number of sulfonamides is 1. The molecule has 0 aromatic heterocycles. The Balaban J connectivity index is 1.48. The SMILES string of the molecule is O=S(=O)(N[C@@H]1Cc2cc(-c3ccc(F)cc3)ccc2N(Cc2ccccc2)C1)c1ccccc1. The Labute approximate surface area is 199 Å². The molecule has 5 rings (SSSR count). The molecule has 0 bridgehead atoms. The molecule has 0 spiro atoms. The molecule has 0 saturated heterocycles. The van der Waals surface area contributed by atoms with Crippen LogP contribution < -0.4 is 9.62 Å². The molecule has 1 heterocycles. The van der Waals surface area contributed by atoms with Crippen LogP contribution in [0.3, 0.4) is 0 Å². The number of hydrogen-bond acceptors (Lipinski definition) is 3. The fourth-order valence-electron chi connectivity index (χ4n) is 4.49. The first-order chi connectivity index (χ1) is 16.5. The van der Waals surface area contributed by atoms with E-state index in [0.29, 0.717) is 19.5 Å². The summed E-state index contributed by atoms with van der Waals surface area (Å²) in [7, 11) is -3.64. The van der Waals surface area contributed by atoms with Gasteiger partial charge in [0.2, 0.25) is 10.0 Å². The quantitative estimate of drug-likeness (QED) is 0.409. The molecule has 1 atom stereocenters. The van der Waals surface area contributed by atoms with E-state index in [0.717, 1.165) is 27.9 Å². The summed E-state index contributed by atoms with van der Waals surface area (Å²) < 4.78 is 42.4. The van der Waals surface area contributed by atoms with Crippen molar-refractivity contribution in [2.75, 3.05) is 11.4 Å². The molecule has 0 radical (unpaired) electrons. The highest BCUT2D eigenvalue weighted by atomic mass is 32.2. The van der Waals surface area contributed by atoms with E-state index in [9.17, 15) is 12.8 Å². The van der Waals surface area contributed by atoms with Crippen LogP contribution in [-0.4, -0.2) is 21.0 Å². The topological polar surface area (TPSA) is 49.4 Å². The molecule has 0 aliphatic carbocycles. The number of benzene rings is 4. The van der Waals surface area contributed by atoms with Crippen LogP contribution in [0.1, 0.15) is 11.1 Å². The Bertz CT molecular complexity index is 1380. The third-order valence-corrected chi connectivity index (χ3v) is 7.63. The lowest BCUT2D eigenvalue weighted by molar-refractivity contribution is 0.524. The van der Waals surface area contributed by atoms with Crippen molar-refractivity contribution in [3.05, 3.63) is 120 Å². The van der Waals surface area contributed by atoms with Crippen molar-refractivity contribution in [3.8, 4) is 11.1 Å². The van der Waals surface area contributed by atoms with Gasteiger partial charge in [-0.2, -0.15) is 0 Å². The lowest BCUT2D eigenvalue weighted by Gasteiger charge is -2.37. The molecule has 4 aromatic carbocycles. The van der Waals surface area contributed by atoms with Crippen molar-refractivity contribution >= 4 is 15.7 Å². The molecule has 4 nitrogen and oxygen atoms in total. The van der Waals surface area contributed by atoms with E-state index < -0.39 is 10.0 Å². The van der Waals surface area contributed by atoms with Gasteiger partial charge in [-0.25, -0.2) is 17.5 Å². The van der Waals surface area contributed by atoms with Gasteiger partial charge in [0.15, 0.2) is 0 Å². The number of hydrogen-bond donors (Lipinski definition) is 1. The van der Waals surface area contributed by atoms with Crippen LogP contribution >= 0.6 is 0 Å². The fraction of sp³-hybridized carbons (Fsp3) is 0.143. The first-order valence-electron chi connectivity index (χ1n) is 11.2. The predicted octanol–water partition coefficient (Wildman–Crippen LogP) is 5.40. The number of nitrogens with one attached hydrogen (secondary N) is 1. The van der Waals surface area contributed by atoms with Gasteiger partial charge in [0.05, 0.1) is 4.90 Å². The van der Waals surface area contributed by atoms with Gasteiger partial charge < -0.3 is 4.90 Å². The highest BCUT2D eigenvalue weighted by molar-refractivity contribution is 7.89. The van der Waals surface area contributed by atoms with E-state index in [1.54, 1.807) is 42.5 Å². The van der Waals surface area contributed by atoms with Gasteiger partial charge >= 0.3 is 0 Å². The fourth-order valence-corrected chi connectivity index (χ4v) is 5.74. The smallest absolute Gasteiger partial charge is 0.240 e. The summed E-state index contributed by atoms with van der Waals surface area (Å²) >= 11 is 0. The van der Waals surface area contributed by atoms with Crippen molar-refractivity contribution in [1.29, 1.82) is 0 Å². The summed E-state index contributed by atoms with van der Waals surface area (Å²) in [5.41, 5.74) is 5.20. The maximum atomic E-state index is 13.4. The molecule has 6 heteroatoms. The van der Waals surface area contributed by atoms with Crippen LogP contribution in [0.2, 0.25) is 0 Å². The summed E-state index contributed by atoms with van der Waals surface area (Å²) in [6, 6.07) is 31.0. The van der Waals surface area contributed by atoms with Crippen LogP contribution in [0, 0.1) is 5.82 Å². The number of anilines is 1. The number of fused-ring (bicyclic) bond motifs is 1. The third kappa shape index (κ3) is 4.88. The molecule has 172 valence electrons. The average Bonchev–Trinajstić information content (AvgIpc) is 2.85. The highest BCUT2D eigenvalue weighted by Crippen LogP contribution is 2.33. The van der Waals surface area contributed by atoms with Crippen LogP contribution in [-0.2, 0) is 23.0 Å². The molecule has 1 N–H and O–H groups in total. The molecule has 0 amide bonds. The predicted molar refractivity (Wildman–Crippen MR) is 134 cm³/mol. The maximum Gasteiger partial charge on any atom is 0.240 e. The van der Waals surface area contributed by atoms with Gasteiger partial charge in [0.25, 0.3) is 0 Å². The molecule has 0 unspecified atom stereocenters. The van der Waals surface area contributed by atoms with E-state index in [4.69, 9.17) is 0 Å². The zero-order chi connectivity index (χ0) is 23.5. The lowest BCUT2D eigenvalue weighted by Crippen LogP contribution is -2.48. The summed E-state index contributed by atoms with van der Waals surface area (Å²) in [6.07, 6.45) is 0.571. The third-order valence-electron chi connectivity index (χ3n) is 6.10. The summed E-state index contributed by atoms with van der Waals surface area (Å²) in [5, 5.41) is 0. The molecular weight excluding hydrogens is 447 g/mol. The standard InChI is InChI=1S/C28H25FN2O2S/c29-25-14-11-22(12-15-25)23-13-16-28-24(17-23)18-26(20-31(28)19-21-7-3-1-4-8-21)30-34(32,33)27-9-5-2-6-10-27/h1-17,26,30H,18-20H2/t26-/m1/s1. The second-order valence-electron chi connectivity index (χ2n) is 8.55. The number of nitrogens with zero attached hydrogens (tertiary/aromatic N) is 1. The summed E-state index contributed by atoms with van der Waals surface area (Å²) in [5.74, 6) is -0.272. The van der Waals surface area contributed by atoms with Crippen LogP contribution in [0.4, 0.5) is 10.1 Å². The van der Waals surface area contributed by atoms with Crippen LogP contribution in [0.25, 0.3) is 11.1 Å². The van der Waals surface area contributed by atoms with E-state index >= 15 is 0 Å². The maximum absolute atomic E-state index is 13.4. The Morgan fingerprint density at radius 2 is 1.47 bits per heavy atom. The zero-order valence-corrected chi connectivity index (χ0v) is 19.4. The first-order valence-corrected chi connectivity index (χ1v) is 12.7. The monoisotopic (exact) mass is 472 g/mol. The van der Waals surface area contributed by atoms with Gasteiger partial charge in [-0.3, -0.25) is 0 Å². The van der Waals surface area contributed by atoms with E-state index in [2.05, 4.69) is 33.9 Å². The minimum Gasteiger partial charge on any atom is -0.365 e. The zero-order valence-electron chi connectivity index (χ0n) is 18.6. The minimum atomic E-state index is -3.64. The van der Waals surface area contributed by atoms with Gasteiger partial charge in [-0.15, -0.1) is 0 Å². The lowest BCUT2D eigenvalue weighted by atomic mass is 9.94. The minimum absolute atomic E-state index is 0.260. The van der Waals surface area contributed by atoms with Crippen molar-refractivity contribution in [3.63, 3.8) is 0 Å². The molecule has 1 aliphatic rings. The molecule has 0 saturated carbocycles. The van der Waals surface area contributed by atoms with Gasteiger partial charge in [-0.1, -0.05) is 66.7 Å². The Morgan fingerprint density at radius 1 is 0.824 bits per heavy atom. The van der Waals surface area contributed by atoms with Crippen molar-refractivity contribution in [2.24, 2.45) is 0 Å². The summed E-state index contributed by atoms with van der Waals surface area (Å²) in [4.78, 5) is 2.48. The van der Waals surface area contributed by atoms with E-state index in [1.807, 2.05) is 24.3 Å². The second kappa shape index (κ2) is 9.41. The van der Waals surface area contributed by atoms with Crippen molar-refractivity contribution in [1.82, 2.24) is 4.72 Å². The Kier molecular flexibility index (Phi) is 6.18. The Morgan fingerprint density at radius 3 is 2.18 bits per heavy atom. The molecule has 34 heavy (non-hydrogen) atoms. The van der Waals surface area contributed by atoms with Crippen LogP contribution in [0.5, 0.6) is 0 Å². The Hall–Kier alpha value is -3.48. The highest BCUT2D eigenvalue weighted by Gasteiger charge is 2.28. The molecule has 1 aliphatic heterocycles. The first kappa shape index (κ1) is 22.3. The van der Waals surface area contributed by atoms with Gasteiger partial charge in [-0.05, 0) is 65.1 Å². The normalized spacial score (nSPS) is 15.7. The van der Waals surface area contributed by atoms with E-state index in [-0.39, 0.29) is 16.8 Å². The molecule has 4 aromatic rings.